The number of hydrogen-bond donors (Lipinski definition) is 1. The topological polar surface area (TPSA) is 81.9 Å². The summed E-state index contributed by atoms with van der Waals surface area (Å²) in [6.07, 6.45) is -0.833. The van der Waals surface area contributed by atoms with E-state index in [1.807, 2.05) is 0 Å². The molecule has 0 aromatic heterocycles. The fraction of sp³-hybridized carbons (Fsp3) is 0.636. The lowest BCUT2D eigenvalue weighted by atomic mass is 10.1. The number of allylic oxidation sites excluding steroid dienone is 1. The summed E-state index contributed by atoms with van der Waals surface area (Å²) in [7, 11) is 0. The Morgan fingerprint density at radius 1 is 1.41 bits per heavy atom. The van der Waals surface area contributed by atoms with Crippen LogP contribution in [0.2, 0.25) is 0 Å². The number of carbonyl (C=O) groups is 2. The predicted molar refractivity (Wildman–Crippen MR) is 61.0 cm³/mol. The maximum atomic E-state index is 11.6. The van der Waals surface area contributed by atoms with E-state index >= 15 is 0 Å². The molecule has 1 rings (SSSR count). The molecular formula is C11H18N2O4. The molecule has 0 bridgehead atoms. The number of esters is 1. The third kappa shape index (κ3) is 3.74. The first-order chi connectivity index (χ1) is 7.93. The molecule has 1 amide bonds. The molecule has 6 nitrogen and oxygen atoms in total. The van der Waals surface area contributed by atoms with Gasteiger partial charge in [-0.3, -0.25) is 4.79 Å². The van der Waals surface area contributed by atoms with Crippen molar-refractivity contribution in [2.75, 3.05) is 19.6 Å². The quantitative estimate of drug-likeness (QED) is 0.575. The number of amides is 1. The summed E-state index contributed by atoms with van der Waals surface area (Å²) < 4.78 is 10.0. The van der Waals surface area contributed by atoms with Gasteiger partial charge < -0.3 is 20.1 Å². The van der Waals surface area contributed by atoms with Gasteiger partial charge >= 0.3 is 12.1 Å². The van der Waals surface area contributed by atoms with Gasteiger partial charge in [0.25, 0.3) is 0 Å². The molecule has 0 radical (unpaired) electrons. The van der Waals surface area contributed by atoms with Crippen LogP contribution in [0.25, 0.3) is 0 Å². The van der Waals surface area contributed by atoms with E-state index in [0.29, 0.717) is 25.4 Å². The van der Waals surface area contributed by atoms with Crippen molar-refractivity contribution < 1.29 is 19.1 Å². The average molecular weight is 242 g/mol. The highest BCUT2D eigenvalue weighted by Crippen LogP contribution is 2.20. The molecule has 1 aliphatic heterocycles. The number of likely N-dealkylation sites (tertiary alicyclic amines) is 1. The number of carbonyl (C=O) groups excluding carboxylic acids is 2. The maximum Gasteiger partial charge on any atom is 0.415 e. The zero-order valence-corrected chi connectivity index (χ0v) is 10.1. The Morgan fingerprint density at radius 3 is 2.53 bits per heavy atom. The van der Waals surface area contributed by atoms with Crippen molar-refractivity contribution in [3.8, 4) is 0 Å². The molecule has 17 heavy (non-hydrogen) atoms. The second kappa shape index (κ2) is 5.67. The van der Waals surface area contributed by atoms with Gasteiger partial charge in [-0.05, 0) is 6.92 Å². The van der Waals surface area contributed by atoms with Gasteiger partial charge in [0.2, 0.25) is 0 Å². The Hall–Kier alpha value is -1.56. The second-order valence-electron chi connectivity index (χ2n) is 4.12. The highest BCUT2D eigenvalue weighted by Gasteiger charge is 2.37. The Morgan fingerprint density at radius 2 is 2.06 bits per heavy atom. The fourth-order valence-electron chi connectivity index (χ4n) is 1.78. The van der Waals surface area contributed by atoms with Gasteiger partial charge in [-0.25, -0.2) is 4.79 Å². The minimum atomic E-state index is -0.481. The molecule has 1 fully saturated rings. The van der Waals surface area contributed by atoms with Gasteiger partial charge in [-0.1, -0.05) is 6.58 Å². The lowest BCUT2D eigenvalue weighted by Crippen LogP contribution is -2.30. The Bertz CT molecular complexity index is 329. The summed E-state index contributed by atoms with van der Waals surface area (Å²) in [4.78, 5) is 24.0. The van der Waals surface area contributed by atoms with Crippen molar-refractivity contribution in [2.45, 2.75) is 20.0 Å². The minimum Gasteiger partial charge on any atom is -0.460 e. The highest BCUT2D eigenvalue weighted by atomic mass is 16.6. The van der Waals surface area contributed by atoms with Crippen molar-refractivity contribution >= 4 is 12.1 Å². The molecule has 0 unspecified atom stereocenters. The summed E-state index contributed by atoms with van der Waals surface area (Å²) in [5, 5.41) is 0. The van der Waals surface area contributed by atoms with Crippen LogP contribution >= 0.6 is 0 Å². The van der Waals surface area contributed by atoms with Gasteiger partial charge in [0.1, 0.15) is 6.10 Å². The van der Waals surface area contributed by atoms with E-state index in [1.54, 1.807) is 6.92 Å². The highest BCUT2D eigenvalue weighted by molar-refractivity contribution is 5.70. The van der Waals surface area contributed by atoms with Gasteiger partial charge in [-0.2, -0.15) is 0 Å². The first kappa shape index (κ1) is 13.5. The minimum absolute atomic E-state index is 0.0448. The largest absolute Gasteiger partial charge is 0.460 e. The smallest absolute Gasteiger partial charge is 0.415 e. The van der Waals surface area contributed by atoms with Crippen LogP contribution in [-0.4, -0.2) is 42.7 Å². The normalized spacial score (nSPS) is 23.4. The molecule has 0 aliphatic carbocycles. The van der Waals surface area contributed by atoms with Crippen molar-refractivity contribution in [1.29, 1.82) is 0 Å². The lowest BCUT2D eigenvalue weighted by molar-refractivity contribution is -0.147. The summed E-state index contributed by atoms with van der Waals surface area (Å²) in [5.41, 5.74) is 5.58. The van der Waals surface area contributed by atoms with Gasteiger partial charge in [0.15, 0.2) is 0 Å². The van der Waals surface area contributed by atoms with E-state index in [-0.39, 0.29) is 18.0 Å². The van der Waals surface area contributed by atoms with Gasteiger partial charge in [0.05, 0.1) is 12.3 Å². The predicted octanol–water partition coefficient (Wildman–Crippen LogP) is 0.479. The second-order valence-corrected chi connectivity index (χ2v) is 4.12. The third-order valence-corrected chi connectivity index (χ3v) is 2.52. The van der Waals surface area contributed by atoms with E-state index in [2.05, 4.69) is 6.58 Å². The zero-order chi connectivity index (χ0) is 13.0. The first-order valence-corrected chi connectivity index (χ1v) is 5.43. The molecular weight excluding hydrogens is 224 g/mol. The van der Waals surface area contributed by atoms with Crippen LogP contribution in [-0.2, 0) is 14.3 Å². The molecule has 2 atom stereocenters. The zero-order valence-electron chi connectivity index (χ0n) is 10.1. The summed E-state index contributed by atoms with van der Waals surface area (Å²) in [6, 6.07) is 0. The fourth-order valence-corrected chi connectivity index (χ4v) is 1.78. The van der Waals surface area contributed by atoms with Gasteiger partial charge in [-0.15, -0.1) is 0 Å². The molecule has 1 saturated heterocycles. The monoisotopic (exact) mass is 242 g/mol. The molecule has 96 valence electrons. The summed E-state index contributed by atoms with van der Waals surface area (Å²) in [6.45, 7) is 7.52. The SMILES string of the molecule is C=C(C)OC(=O)N1C[C@@H](CN)[C@H](OC(C)=O)C1. The number of nitrogens with two attached hydrogens (primary N) is 1. The van der Waals surface area contributed by atoms with Crippen LogP contribution in [0, 0.1) is 5.92 Å². The molecule has 1 heterocycles. The third-order valence-electron chi connectivity index (χ3n) is 2.52. The molecule has 0 aromatic carbocycles. The standard InChI is InChI=1S/C11H18N2O4/c1-7(2)16-11(15)13-5-9(4-12)10(6-13)17-8(3)14/h9-10H,1,4-6,12H2,2-3H3/t9-,10-/m1/s1. The van der Waals surface area contributed by atoms with E-state index in [1.165, 1.54) is 11.8 Å². The van der Waals surface area contributed by atoms with Crippen LogP contribution in [0.15, 0.2) is 12.3 Å². The average Bonchev–Trinajstić information content (AvgIpc) is 2.59. The molecule has 0 aromatic rings. The van der Waals surface area contributed by atoms with Crippen LogP contribution in [0.1, 0.15) is 13.8 Å². The van der Waals surface area contributed by atoms with Crippen molar-refractivity contribution in [3.05, 3.63) is 12.3 Å². The van der Waals surface area contributed by atoms with Crippen LogP contribution in [0.4, 0.5) is 4.79 Å². The van der Waals surface area contributed by atoms with Crippen LogP contribution in [0.3, 0.4) is 0 Å². The maximum absolute atomic E-state index is 11.6. The number of nitrogens with zero attached hydrogens (tertiary/aromatic N) is 1. The Kier molecular flexibility index (Phi) is 4.51. The van der Waals surface area contributed by atoms with Crippen molar-refractivity contribution in [2.24, 2.45) is 11.7 Å². The first-order valence-electron chi connectivity index (χ1n) is 5.43. The molecule has 1 aliphatic rings. The van der Waals surface area contributed by atoms with E-state index in [0.717, 1.165) is 0 Å². The van der Waals surface area contributed by atoms with E-state index in [4.69, 9.17) is 15.2 Å². The number of rotatable bonds is 3. The van der Waals surface area contributed by atoms with Crippen LogP contribution < -0.4 is 5.73 Å². The Balaban J connectivity index is 2.59. The lowest BCUT2D eigenvalue weighted by Gasteiger charge is -2.16. The van der Waals surface area contributed by atoms with Crippen LogP contribution in [0.5, 0.6) is 0 Å². The van der Waals surface area contributed by atoms with Crippen molar-refractivity contribution in [1.82, 2.24) is 4.90 Å². The summed E-state index contributed by atoms with van der Waals surface area (Å²) >= 11 is 0. The molecule has 0 spiro atoms. The Labute approximate surface area is 100 Å². The molecule has 6 heteroatoms. The molecule has 2 N–H and O–H groups in total. The molecule has 0 saturated carbocycles. The summed E-state index contributed by atoms with van der Waals surface area (Å²) in [5.74, 6) is -0.0876. The number of ether oxygens (including phenoxy) is 2. The van der Waals surface area contributed by atoms with E-state index in [9.17, 15) is 9.59 Å². The van der Waals surface area contributed by atoms with Crippen molar-refractivity contribution in [3.63, 3.8) is 0 Å². The van der Waals surface area contributed by atoms with E-state index < -0.39 is 6.09 Å². The van der Waals surface area contributed by atoms with Gasteiger partial charge in [0, 0.05) is 25.9 Å². The number of hydrogen-bond acceptors (Lipinski definition) is 5.